The molecule has 110 valence electrons. The molecular weight excluding hydrogens is 276 g/mol. The van der Waals surface area contributed by atoms with E-state index >= 15 is 0 Å². The molecule has 0 saturated carbocycles. The van der Waals surface area contributed by atoms with Crippen molar-refractivity contribution in [2.75, 3.05) is 20.3 Å². The number of aliphatic imine (C=N–C) groups is 1. The van der Waals surface area contributed by atoms with E-state index in [9.17, 15) is 4.79 Å². The minimum Gasteiger partial charge on any atom is -0.383 e. The van der Waals surface area contributed by atoms with Crippen molar-refractivity contribution in [2.45, 2.75) is 32.2 Å². The van der Waals surface area contributed by atoms with Gasteiger partial charge >= 0.3 is 0 Å². The molecule has 2 heterocycles. The third-order valence-electron chi connectivity index (χ3n) is 2.81. The fourth-order valence-electron chi connectivity index (χ4n) is 1.73. The second-order valence-corrected chi connectivity index (χ2v) is 6.48. The molecule has 1 atom stereocenters. The zero-order valence-corrected chi connectivity index (χ0v) is 13.0. The highest BCUT2D eigenvalue weighted by molar-refractivity contribution is 7.09. The summed E-state index contributed by atoms with van der Waals surface area (Å²) >= 11 is 1.58. The normalized spacial score (nSPS) is 21.1. The Hall–Kier alpha value is -1.47. The van der Waals surface area contributed by atoms with Gasteiger partial charge in [-0.2, -0.15) is 0 Å². The molecule has 7 heteroatoms. The van der Waals surface area contributed by atoms with Crippen LogP contribution in [0.25, 0.3) is 0 Å². The summed E-state index contributed by atoms with van der Waals surface area (Å²) in [5.74, 6) is 0.370. The van der Waals surface area contributed by atoms with Gasteiger partial charge in [0.05, 0.1) is 23.9 Å². The monoisotopic (exact) mass is 296 g/mol. The Morgan fingerprint density at radius 3 is 2.85 bits per heavy atom. The third kappa shape index (κ3) is 3.34. The molecule has 1 unspecified atom stereocenters. The number of ether oxygens (including phenoxy) is 1. The minimum atomic E-state index is -0.455. The number of thiazole rings is 1. The van der Waals surface area contributed by atoms with Gasteiger partial charge in [0.1, 0.15) is 0 Å². The highest BCUT2D eigenvalue weighted by Crippen LogP contribution is 2.28. The molecule has 1 aromatic heterocycles. The Labute approximate surface area is 122 Å². The zero-order chi connectivity index (χ0) is 14.8. The summed E-state index contributed by atoms with van der Waals surface area (Å²) in [6, 6.07) is -0.455. The minimum absolute atomic E-state index is 0.00657. The third-order valence-corrected chi connectivity index (χ3v) is 4.10. The number of aromatic nitrogens is 1. The van der Waals surface area contributed by atoms with Gasteiger partial charge in [-0.1, -0.05) is 20.8 Å². The summed E-state index contributed by atoms with van der Waals surface area (Å²) in [5, 5.41) is 8.72. The molecule has 0 aromatic carbocycles. The molecule has 1 aliphatic rings. The van der Waals surface area contributed by atoms with Crippen LogP contribution in [0.15, 0.2) is 10.4 Å². The number of hydrogen-bond acceptors (Lipinski definition) is 5. The first-order valence-corrected chi connectivity index (χ1v) is 7.36. The van der Waals surface area contributed by atoms with Gasteiger partial charge < -0.3 is 10.1 Å². The van der Waals surface area contributed by atoms with Crippen molar-refractivity contribution in [2.24, 2.45) is 4.99 Å². The fourth-order valence-corrected chi connectivity index (χ4v) is 2.67. The molecule has 1 aromatic rings. The summed E-state index contributed by atoms with van der Waals surface area (Å²) in [4.78, 5) is 20.7. The number of nitrogens with one attached hydrogen (secondary N) is 2. The van der Waals surface area contributed by atoms with E-state index in [1.54, 1.807) is 18.4 Å². The number of hydrogen-bond donors (Lipinski definition) is 2. The van der Waals surface area contributed by atoms with Crippen LogP contribution in [0, 0.1) is 0 Å². The lowest BCUT2D eigenvalue weighted by Gasteiger charge is -2.13. The van der Waals surface area contributed by atoms with Crippen molar-refractivity contribution >= 4 is 23.2 Å². The van der Waals surface area contributed by atoms with Gasteiger partial charge in [-0.05, 0) is 0 Å². The van der Waals surface area contributed by atoms with Gasteiger partial charge in [0.25, 0.3) is 5.91 Å². The summed E-state index contributed by atoms with van der Waals surface area (Å²) in [7, 11) is 1.62. The first-order chi connectivity index (χ1) is 9.41. The van der Waals surface area contributed by atoms with Gasteiger partial charge in [0, 0.05) is 17.9 Å². The Morgan fingerprint density at radius 2 is 2.25 bits per heavy atom. The van der Waals surface area contributed by atoms with Crippen molar-refractivity contribution in [1.29, 1.82) is 0 Å². The van der Waals surface area contributed by atoms with E-state index in [4.69, 9.17) is 4.74 Å². The van der Waals surface area contributed by atoms with E-state index in [1.807, 2.05) is 5.38 Å². The van der Waals surface area contributed by atoms with E-state index in [0.29, 0.717) is 19.1 Å². The van der Waals surface area contributed by atoms with Crippen LogP contribution in [0.2, 0.25) is 0 Å². The first-order valence-electron chi connectivity index (χ1n) is 6.48. The molecule has 0 aliphatic carbocycles. The smallest absolute Gasteiger partial charge is 0.255 e. The zero-order valence-electron chi connectivity index (χ0n) is 12.2. The maximum absolute atomic E-state index is 12.0. The molecule has 0 bridgehead atoms. The lowest BCUT2D eigenvalue weighted by Crippen LogP contribution is -2.26. The lowest BCUT2D eigenvalue weighted by atomic mass is 9.98. The molecule has 1 saturated heterocycles. The van der Waals surface area contributed by atoms with Crippen molar-refractivity contribution < 1.29 is 9.53 Å². The summed E-state index contributed by atoms with van der Waals surface area (Å²) in [6.45, 7) is 7.35. The SMILES string of the molecule is COCCN=C1NC(=O)C(c2csc(C(C)(C)C)n2)N1. The van der Waals surface area contributed by atoms with Crippen molar-refractivity contribution in [1.82, 2.24) is 15.6 Å². The van der Waals surface area contributed by atoms with Crippen LogP contribution in [-0.2, 0) is 14.9 Å². The van der Waals surface area contributed by atoms with Gasteiger partial charge in [-0.15, -0.1) is 11.3 Å². The fraction of sp³-hybridized carbons (Fsp3) is 0.615. The summed E-state index contributed by atoms with van der Waals surface area (Å²) in [5.41, 5.74) is 0.738. The Kier molecular flexibility index (Phi) is 4.39. The largest absolute Gasteiger partial charge is 0.383 e. The predicted octanol–water partition coefficient (Wildman–Crippen LogP) is 1.20. The molecule has 1 amide bonds. The molecule has 1 aliphatic heterocycles. The number of rotatable bonds is 4. The van der Waals surface area contributed by atoms with E-state index in [2.05, 4.69) is 41.4 Å². The predicted molar refractivity (Wildman–Crippen MR) is 79.0 cm³/mol. The van der Waals surface area contributed by atoms with Gasteiger partial charge in [-0.25, -0.2) is 4.98 Å². The average Bonchev–Trinajstić information content (AvgIpc) is 2.95. The number of nitrogens with zero attached hydrogens (tertiary/aromatic N) is 2. The van der Waals surface area contributed by atoms with E-state index in [1.165, 1.54) is 0 Å². The molecule has 6 nitrogen and oxygen atoms in total. The van der Waals surface area contributed by atoms with Crippen LogP contribution in [0.1, 0.15) is 37.5 Å². The number of amides is 1. The maximum Gasteiger partial charge on any atom is 0.255 e. The Balaban J connectivity index is 2.08. The number of methoxy groups -OCH3 is 1. The van der Waals surface area contributed by atoms with E-state index in [-0.39, 0.29) is 11.3 Å². The van der Waals surface area contributed by atoms with Crippen molar-refractivity contribution in [3.63, 3.8) is 0 Å². The Bertz CT molecular complexity index is 519. The molecule has 0 radical (unpaired) electrons. The van der Waals surface area contributed by atoms with Gasteiger partial charge in [0.15, 0.2) is 12.0 Å². The molecular formula is C13H20N4O2S. The highest BCUT2D eigenvalue weighted by Gasteiger charge is 2.32. The molecule has 20 heavy (non-hydrogen) atoms. The lowest BCUT2D eigenvalue weighted by molar-refractivity contribution is -0.120. The molecule has 2 N–H and O–H groups in total. The average molecular weight is 296 g/mol. The van der Waals surface area contributed by atoms with Crippen LogP contribution in [-0.4, -0.2) is 37.1 Å². The summed E-state index contributed by atoms with van der Waals surface area (Å²) < 4.78 is 4.92. The van der Waals surface area contributed by atoms with Gasteiger partial charge in [0.2, 0.25) is 0 Å². The molecule has 0 spiro atoms. The van der Waals surface area contributed by atoms with Crippen LogP contribution in [0.3, 0.4) is 0 Å². The van der Waals surface area contributed by atoms with Crippen molar-refractivity contribution in [3.05, 3.63) is 16.1 Å². The van der Waals surface area contributed by atoms with Crippen LogP contribution in [0.4, 0.5) is 0 Å². The van der Waals surface area contributed by atoms with E-state index < -0.39 is 6.04 Å². The molecule has 2 rings (SSSR count). The standard InChI is InChI=1S/C13H20N4O2S/c1-13(2,3)11-15-8(7-20-11)9-10(18)17-12(16-9)14-5-6-19-4/h7,9H,5-6H2,1-4H3,(H2,14,16,17,18). The van der Waals surface area contributed by atoms with Gasteiger partial charge in [-0.3, -0.25) is 15.1 Å². The maximum atomic E-state index is 12.0. The Morgan fingerprint density at radius 1 is 1.50 bits per heavy atom. The van der Waals surface area contributed by atoms with Crippen LogP contribution < -0.4 is 10.6 Å². The number of carbonyl (C=O) groups excluding carboxylic acids is 1. The first kappa shape index (κ1) is 14.9. The van der Waals surface area contributed by atoms with Crippen LogP contribution in [0.5, 0.6) is 0 Å². The highest BCUT2D eigenvalue weighted by atomic mass is 32.1. The van der Waals surface area contributed by atoms with E-state index in [0.717, 1.165) is 10.7 Å². The quantitative estimate of drug-likeness (QED) is 0.819. The topological polar surface area (TPSA) is 75.6 Å². The number of guanidine groups is 1. The molecule has 1 fully saturated rings. The second kappa shape index (κ2) is 5.88. The van der Waals surface area contributed by atoms with Crippen molar-refractivity contribution in [3.8, 4) is 0 Å². The van der Waals surface area contributed by atoms with Crippen LogP contribution >= 0.6 is 11.3 Å². The second-order valence-electron chi connectivity index (χ2n) is 5.62. The summed E-state index contributed by atoms with van der Waals surface area (Å²) in [6.07, 6.45) is 0. The number of carbonyl (C=O) groups is 1.